The van der Waals surface area contributed by atoms with Crippen molar-refractivity contribution in [3.8, 4) is 0 Å². The minimum atomic E-state index is -4.23. The van der Waals surface area contributed by atoms with Crippen LogP contribution in [0.4, 0.5) is 5.69 Å². The second-order valence-electron chi connectivity index (χ2n) is 9.72. The predicted molar refractivity (Wildman–Crippen MR) is 156 cm³/mol. The van der Waals surface area contributed by atoms with E-state index in [0.717, 1.165) is 15.4 Å². The van der Waals surface area contributed by atoms with Crippen molar-refractivity contribution < 1.29 is 18.0 Å². The lowest BCUT2D eigenvalue weighted by atomic mass is 10.1. The van der Waals surface area contributed by atoms with Crippen LogP contribution in [0.15, 0.2) is 77.7 Å². The highest BCUT2D eigenvalue weighted by Crippen LogP contribution is 2.35. The number of sulfonamides is 1. The molecular weight excluding hydrogens is 557 g/mol. The summed E-state index contributed by atoms with van der Waals surface area (Å²) in [5.41, 5.74) is 1.87. The van der Waals surface area contributed by atoms with Crippen molar-refractivity contribution in [2.45, 2.75) is 45.2 Å². The Balaban J connectivity index is 2.04. The van der Waals surface area contributed by atoms with Crippen LogP contribution >= 0.6 is 23.2 Å². The van der Waals surface area contributed by atoms with Gasteiger partial charge in [-0.3, -0.25) is 13.9 Å². The molecule has 0 saturated heterocycles. The highest BCUT2D eigenvalue weighted by Gasteiger charge is 2.33. The molecule has 0 spiro atoms. The number of rotatable bonds is 11. The van der Waals surface area contributed by atoms with Gasteiger partial charge in [-0.25, -0.2) is 8.42 Å². The van der Waals surface area contributed by atoms with Gasteiger partial charge in [0.2, 0.25) is 11.8 Å². The molecule has 10 heteroatoms. The molecule has 3 aromatic carbocycles. The van der Waals surface area contributed by atoms with Crippen LogP contribution in [0, 0.1) is 12.8 Å². The van der Waals surface area contributed by atoms with Crippen molar-refractivity contribution in [2.24, 2.45) is 5.92 Å². The van der Waals surface area contributed by atoms with Gasteiger partial charge < -0.3 is 10.2 Å². The molecule has 0 aliphatic carbocycles. The molecule has 208 valence electrons. The minimum Gasteiger partial charge on any atom is -0.354 e. The van der Waals surface area contributed by atoms with E-state index < -0.39 is 28.5 Å². The Morgan fingerprint density at radius 2 is 1.59 bits per heavy atom. The van der Waals surface area contributed by atoms with Gasteiger partial charge in [-0.2, -0.15) is 0 Å². The zero-order chi connectivity index (χ0) is 28.7. The Morgan fingerprint density at radius 1 is 0.923 bits per heavy atom. The SMILES string of the molecule is Cc1cccc(CN(C(=O)CN(c2cccc(Cl)c2Cl)S(=O)(=O)c2ccccc2)[C@H](C)C(=O)NCC(C)C)c1. The van der Waals surface area contributed by atoms with E-state index in [1.54, 1.807) is 31.2 Å². The van der Waals surface area contributed by atoms with Gasteiger partial charge >= 0.3 is 0 Å². The van der Waals surface area contributed by atoms with Crippen molar-refractivity contribution in [3.05, 3.63) is 94.0 Å². The van der Waals surface area contributed by atoms with Crippen molar-refractivity contribution in [3.63, 3.8) is 0 Å². The third kappa shape index (κ3) is 7.75. The Kier molecular flexibility index (Phi) is 10.4. The van der Waals surface area contributed by atoms with E-state index in [9.17, 15) is 18.0 Å². The maximum absolute atomic E-state index is 13.9. The largest absolute Gasteiger partial charge is 0.354 e. The van der Waals surface area contributed by atoms with Crippen molar-refractivity contribution in [1.29, 1.82) is 0 Å². The van der Waals surface area contributed by atoms with Gasteiger partial charge in [-0.15, -0.1) is 0 Å². The summed E-state index contributed by atoms with van der Waals surface area (Å²) in [6, 6.07) is 19.1. The molecule has 0 aliphatic heterocycles. The molecule has 39 heavy (non-hydrogen) atoms. The van der Waals surface area contributed by atoms with Crippen LogP contribution in [0.2, 0.25) is 10.0 Å². The maximum atomic E-state index is 13.9. The summed E-state index contributed by atoms with van der Waals surface area (Å²) in [6.45, 7) is 7.48. The van der Waals surface area contributed by atoms with E-state index in [1.807, 2.05) is 45.0 Å². The molecule has 0 heterocycles. The summed E-state index contributed by atoms with van der Waals surface area (Å²) in [4.78, 5) is 28.4. The number of aryl methyl sites for hydroxylation is 1. The molecule has 3 aromatic rings. The van der Waals surface area contributed by atoms with Crippen LogP contribution in [-0.4, -0.2) is 44.3 Å². The van der Waals surface area contributed by atoms with E-state index in [2.05, 4.69) is 5.32 Å². The van der Waals surface area contributed by atoms with Crippen molar-refractivity contribution >= 4 is 50.7 Å². The number of carbonyl (C=O) groups excluding carboxylic acids is 2. The number of amides is 2. The third-order valence-electron chi connectivity index (χ3n) is 6.10. The second-order valence-corrected chi connectivity index (χ2v) is 12.4. The lowest BCUT2D eigenvalue weighted by Crippen LogP contribution is -2.51. The van der Waals surface area contributed by atoms with Crippen LogP contribution in [-0.2, 0) is 26.2 Å². The Labute approximate surface area is 240 Å². The van der Waals surface area contributed by atoms with Gasteiger partial charge in [0.05, 0.1) is 20.6 Å². The molecule has 1 atom stereocenters. The van der Waals surface area contributed by atoms with Gasteiger partial charge in [0, 0.05) is 13.1 Å². The number of nitrogens with one attached hydrogen (secondary N) is 1. The lowest BCUT2D eigenvalue weighted by molar-refractivity contribution is -0.139. The highest BCUT2D eigenvalue weighted by molar-refractivity contribution is 7.92. The summed E-state index contributed by atoms with van der Waals surface area (Å²) in [7, 11) is -4.23. The second kappa shape index (κ2) is 13.3. The molecule has 0 saturated carbocycles. The predicted octanol–water partition coefficient (Wildman–Crippen LogP) is 5.69. The number of anilines is 1. The molecule has 0 fully saturated rings. The molecule has 0 bridgehead atoms. The summed E-state index contributed by atoms with van der Waals surface area (Å²) >= 11 is 12.7. The van der Waals surface area contributed by atoms with Crippen LogP contribution in [0.25, 0.3) is 0 Å². The van der Waals surface area contributed by atoms with Crippen LogP contribution in [0.5, 0.6) is 0 Å². The summed E-state index contributed by atoms with van der Waals surface area (Å²) in [5, 5.41) is 3.01. The normalized spacial score (nSPS) is 12.2. The van der Waals surface area contributed by atoms with Gasteiger partial charge in [-0.1, -0.05) is 91.1 Å². The van der Waals surface area contributed by atoms with Crippen LogP contribution in [0.1, 0.15) is 31.9 Å². The minimum absolute atomic E-state index is 0.000526. The zero-order valence-corrected chi connectivity index (χ0v) is 24.7. The molecule has 0 radical (unpaired) electrons. The summed E-state index contributed by atoms with van der Waals surface area (Å²) < 4.78 is 28.6. The van der Waals surface area contributed by atoms with Gasteiger partial charge in [0.25, 0.3) is 10.0 Å². The van der Waals surface area contributed by atoms with Crippen molar-refractivity contribution in [1.82, 2.24) is 10.2 Å². The number of benzene rings is 3. The Hall–Kier alpha value is -3.07. The number of carbonyl (C=O) groups is 2. The number of halogens is 2. The topological polar surface area (TPSA) is 86.8 Å². The zero-order valence-electron chi connectivity index (χ0n) is 22.4. The van der Waals surface area contributed by atoms with Gasteiger partial charge in [0.15, 0.2) is 0 Å². The first kappa shape index (κ1) is 30.5. The molecule has 2 amide bonds. The maximum Gasteiger partial charge on any atom is 0.264 e. The molecule has 1 N–H and O–H groups in total. The fourth-order valence-corrected chi connectivity index (χ4v) is 5.86. The summed E-state index contributed by atoms with van der Waals surface area (Å²) in [6.07, 6.45) is 0. The number of hydrogen-bond acceptors (Lipinski definition) is 4. The fraction of sp³-hybridized carbons (Fsp3) is 0.310. The van der Waals surface area contributed by atoms with Crippen LogP contribution in [0.3, 0.4) is 0 Å². The van der Waals surface area contributed by atoms with Gasteiger partial charge in [-0.05, 0) is 49.6 Å². The quantitative estimate of drug-likeness (QED) is 0.311. The smallest absolute Gasteiger partial charge is 0.264 e. The van der Waals surface area contributed by atoms with E-state index in [4.69, 9.17) is 23.2 Å². The molecule has 0 aliphatic rings. The van der Waals surface area contributed by atoms with E-state index >= 15 is 0 Å². The van der Waals surface area contributed by atoms with Crippen LogP contribution < -0.4 is 9.62 Å². The lowest BCUT2D eigenvalue weighted by Gasteiger charge is -2.32. The third-order valence-corrected chi connectivity index (χ3v) is 8.68. The van der Waals surface area contributed by atoms with E-state index in [1.165, 1.54) is 29.2 Å². The molecular formula is C29H33Cl2N3O4S. The highest BCUT2D eigenvalue weighted by atomic mass is 35.5. The van der Waals surface area contributed by atoms with Crippen molar-refractivity contribution in [2.75, 3.05) is 17.4 Å². The standard InChI is InChI=1S/C29H33Cl2N3O4S/c1-20(2)17-32-29(36)22(4)33(18-23-11-8-10-21(3)16-23)27(35)19-34(26-15-9-14-25(30)28(26)31)39(37,38)24-12-6-5-7-13-24/h5-16,20,22H,17-19H2,1-4H3,(H,32,36)/t22-/m1/s1. The van der Waals surface area contributed by atoms with E-state index in [0.29, 0.717) is 6.54 Å². The van der Waals surface area contributed by atoms with E-state index in [-0.39, 0.29) is 39.0 Å². The Morgan fingerprint density at radius 3 is 2.23 bits per heavy atom. The molecule has 0 aromatic heterocycles. The average Bonchev–Trinajstić information content (AvgIpc) is 2.90. The first-order chi connectivity index (χ1) is 18.4. The first-order valence-electron chi connectivity index (χ1n) is 12.6. The Bertz CT molecular complexity index is 1420. The number of nitrogens with zero attached hydrogens (tertiary/aromatic N) is 2. The number of hydrogen-bond donors (Lipinski definition) is 1. The summed E-state index contributed by atoms with van der Waals surface area (Å²) in [5.74, 6) is -0.680. The first-order valence-corrected chi connectivity index (χ1v) is 14.8. The monoisotopic (exact) mass is 589 g/mol. The average molecular weight is 591 g/mol. The molecule has 7 nitrogen and oxygen atoms in total. The van der Waals surface area contributed by atoms with Gasteiger partial charge in [0.1, 0.15) is 12.6 Å². The molecule has 0 unspecified atom stereocenters. The fourth-order valence-electron chi connectivity index (χ4n) is 3.96. The molecule has 3 rings (SSSR count).